The number of benzene rings is 1. The summed E-state index contributed by atoms with van der Waals surface area (Å²) in [5.74, 6) is -1.06. The molecule has 2 aromatic heterocycles. The van der Waals surface area contributed by atoms with Crippen molar-refractivity contribution in [1.29, 1.82) is 0 Å². The number of carbonyl (C=O) groups excluding carboxylic acids is 1. The van der Waals surface area contributed by atoms with Crippen molar-refractivity contribution in [3.05, 3.63) is 39.8 Å². The smallest absolute Gasteiger partial charge is 0.342 e. The number of alkyl halides is 2. The van der Waals surface area contributed by atoms with Gasteiger partial charge < -0.3 is 15.2 Å². The molecule has 2 N–H and O–H groups in total. The number of nitrogens with two attached hydrogens (primary N) is 1. The summed E-state index contributed by atoms with van der Waals surface area (Å²) in [6.07, 6.45) is -2.96. The maximum absolute atomic E-state index is 13.3. The van der Waals surface area contributed by atoms with Gasteiger partial charge in [-0.1, -0.05) is 17.7 Å². The first kappa shape index (κ1) is 19.8. The van der Waals surface area contributed by atoms with Crippen LogP contribution >= 0.6 is 11.6 Å². The zero-order valence-electron chi connectivity index (χ0n) is 15.5. The molecular formula is C18H17ClF2N4O3. The zero-order valence-corrected chi connectivity index (χ0v) is 16.3. The van der Waals surface area contributed by atoms with Crippen LogP contribution in [-0.4, -0.2) is 34.7 Å². The van der Waals surface area contributed by atoms with Crippen LogP contribution in [0.2, 0.25) is 5.15 Å². The van der Waals surface area contributed by atoms with Crippen molar-refractivity contribution in [2.24, 2.45) is 0 Å². The monoisotopic (exact) mass is 410 g/mol. The Hall–Kier alpha value is -2.94. The van der Waals surface area contributed by atoms with Crippen LogP contribution in [0.5, 0.6) is 5.75 Å². The SMILES string of the molecule is COC(=O)c1c(N)n(-c2c(C)ccc(OC)c2C)c2nc(C(F)F)nc(Cl)c12. The lowest BCUT2D eigenvalue weighted by Crippen LogP contribution is -2.09. The third-order valence-corrected chi connectivity index (χ3v) is 4.71. The number of esters is 1. The number of fused-ring (bicyclic) bond motifs is 1. The average molecular weight is 411 g/mol. The van der Waals surface area contributed by atoms with E-state index in [1.54, 1.807) is 19.1 Å². The topological polar surface area (TPSA) is 92.3 Å². The molecule has 28 heavy (non-hydrogen) atoms. The van der Waals surface area contributed by atoms with Crippen molar-refractivity contribution in [1.82, 2.24) is 14.5 Å². The van der Waals surface area contributed by atoms with Crippen LogP contribution in [0.25, 0.3) is 16.7 Å². The Kier molecular flexibility index (Phi) is 5.12. The number of nitrogen functional groups attached to an aromatic ring is 1. The van der Waals surface area contributed by atoms with Crippen LogP contribution in [0.4, 0.5) is 14.6 Å². The minimum absolute atomic E-state index is 0.0207. The molecule has 0 amide bonds. The quantitative estimate of drug-likeness (QED) is 0.516. The van der Waals surface area contributed by atoms with Crippen LogP contribution in [0.3, 0.4) is 0 Å². The fourth-order valence-corrected chi connectivity index (χ4v) is 3.45. The fourth-order valence-electron chi connectivity index (χ4n) is 3.18. The van der Waals surface area contributed by atoms with Gasteiger partial charge in [-0.3, -0.25) is 4.57 Å². The molecule has 0 fully saturated rings. The maximum Gasteiger partial charge on any atom is 0.342 e. The van der Waals surface area contributed by atoms with Crippen molar-refractivity contribution in [2.45, 2.75) is 20.3 Å². The molecule has 0 spiro atoms. The summed E-state index contributed by atoms with van der Waals surface area (Å²) in [7, 11) is 2.68. The molecule has 3 rings (SSSR count). The highest BCUT2D eigenvalue weighted by atomic mass is 35.5. The van der Waals surface area contributed by atoms with E-state index < -0.39 is 18.2 Å². The van der Waals surface area contributed by atoms with E-state index in [0.29, 0.717) is 17.0 Å². The third kappa shape index (κ3) is 2.91. The number of hydrogen-bond acceptors (Lipinski definition) is 6. The lowest BCUT2D eigenvalue weighted by molar-refractivity contribution is 0.0604. The molecule has 1 aromatic carbocycles. The molecule has 0 saturated carbocycles. The molecule has 0 atom stereocenters. The van der Waals surface area contributed by atoms with E-state index >= 15 is 0 Å². The molecule has 148 valence electrons. The highest BCUT2D eigenvalue weighted by Crippen LogP contribution is 2.39. The van der Waals surface area contributed by atoms with Crippen molar-refractivity contribution in [3.63, 3.8) is 0 Å². The van der Waals surface area contributed by atoms with E-state index in [1.165, 1.54) is 18.8 Å². The first-order chi connectivity index (χ1) is 13.2. The molecule has 0 aliphatic rings. The van der Waals surface area contributed by atoms with Gasteiger partial charge in [0, 0.05) is 5.56 Å². The van der Waals surface area contributed by atoms with Gasteiger partial charge in [0.05, 0.1) is 25.3 Å². The van der Waals surface area contributed by atoms with Gasteiger partial charge in [-0.25, -0.2) is 23.5 Å². The first-order valence-electron chi connectivity index (χ1n) is 8.11. The molecule has 2 heterocycles. The normalized spacial score (nSPS) is 11.3. The molecule has 0 aliphatic heterocycles. The number of ether oxygens (including phenoxy) is 2. The van der Waals surface area contributed by atoms with Gasteiger partial charge in [0.25, 0.3) is 6.43 Å². The summed E-state index contributed by atoms with van der Waals surface area (Å²) in [4.78, 5) is 19.9. The standard InChI is InChI=1S/C18H17ClF2N4O3/c1-7-5-6-9(27-3)8(2)12(7)25-15(22)11(18(26)28-4)10-13(19)23-16(14(20)21)24-17(10)25/h5-6,14H,22H2,1-4H3. The van der Waals surface area contributed by atoms with Gasteiger partial charge in [0.15, 0.2) is 11.5 Å². The summed E-state index contributed by atoms with van der Waals surface area (Å²) < 4.78 is 38.1. The van der Waals surface area contributed by atoms with E-state index in [1.807, 2.05) is 6.92 Å². The van der Waals surface area contributed by atoms with Gasteiger partial charge in [-0.2, -0.15) is 0 Å². The molecule has 3 aromatic rings. The van der Waals surface area contributed by atoms with Crippen molar-refractivity contribution >= 4 is 34.4 Å². The number of carbonyl (C=O) groups is 1. The summed E-state index contributed by atoms with van der Waals surface area (Å²) in [5.41, 5.74) is 8.11. The van der Waals surface area contributed by atoms with Gasteiger partial charge in [0.2, 0.25) is 0 Å². The summed E-state index contributed by atoms with van der Waals surface area (Å²) in [6.45, 7) is 3.59. The number of methoxy groups -OCH3 is 2. The van der Waals surface area contributed by atoms with Crippen LogP contribution in [-0.2, 0) is 4.74 Å². The lowest BCUT2D eigenvalue weighted by Gasteiger charge is -2.17. The number of aryl methyl sites for hydroxylation is 1. The van der Waals surface area contributed by atoms with Gasteiger partial charge in [-0.15, -0.1) is 0 Å². The van der Waals surface area contributed by atoms with E-state index in [-0.39, 0.29) is 27.6 Å². The summed E-state index contributed by atoms with van der Waals surface area (Å²) in [5, 5.41) is -0.276. The number of aromatic nitrogens is 3. The Morgan fingerprint density at radius 2 is 1.93 bits per heavy atom. The van der Waals surface area contributed by atoms with Crippen molar-refractivity contribution < 1.29 is 23.0 Å². The predicted molar refractivity (Wildman–Crippen MR) is 101 cm³/mol. The Morgan fingerprint density at radius 1 is 1.25 bits per heavy atom. The summed E-state index contributed by atoms with van der Waals surface area (Å²) in [6, 6.07) is 3.55. The molecule has 0 saturated heterocycles. The summed E-state index contributed by atoms with van der Waals surface area (Å²) >= 11 is 6.14. The minimum Gasteiger partial charge on any atom is -0.496 e. The number of rotatable bonds is 4. The Labute approximate surface area is 164 Å². The second-order valence-corrected chi connectivity index (χ2v) is 6.38. The molecule has 7 nitrogen and oxygen atoms in total. The molecule has 0 aliphatic carbocycles. The highest BCUT2D eigenvalue weighted by molar-refractivity contribution is 6.36. The molecule has 0 radical (unpaired) electrons. The van der Waals surface area contributed by atoms with Crippen molar-refractivity contribution in [3.8, 4) is 11.4 Å². The number of anilines is 1. The van der Waals surface area contributed by atoms with Gasteiger partial charge >= 0.3 is 5.97 Å². The van der Waals surface area contributed by atoms with Gasteiger partial charge in [-0.05, 0) is 25.5 Å². The number of nitrogens with zero attached hydrogens (tertiary/aromatic N) is 3. The zero-order chi connectivity index (χ0) is 20.7. The average Bonchev–Trinajstić information content (AvgIpc) is 2.94. The molecule has 0 unspecified atom stereocenters. The second kappa shape index (κ2) is 7.23. The largest absolute Gasteiger partial charge is 0.496 e. The van der Waals surface area contributed by atoms with Crippen LogP contribution in [0.1, 0.15) is 33.7 Å². The predicted octanol–water partition coefficient (Wildman–Crippen LogP) is 4.01. The number of halogens is 3. The van der Waals surface area contributed by atoms with E-state index in [9.17, 15) is 13.6 Å². The van der Waals surface area contributed by atoms with E-state index in [0.717, 1.165) is 5.56 Å². The van der Waals surface area contributed by atoms with E-state index in [4.69, 9.17) is 26.8 Å². The van der Waals surface area contributed by atoms with E-state index in [2.05, 4.69) is 9.97 Å². The number of hydrogen-bond donors (Lipinski definition) is 1. The maximum atomic E-state index is 13.3. The third-order valence-electron chi connectivity index (χ3n) is 4.43. The fraction of sp³-hybridized carbons (Fsp3) is 0.278. The Morgan fingerprint density at radius 3 is 2.50 bits per heavy atom. The van der Waals surface area contributed by atoms with Crippen molar-refractivity contribution in [2.75, 3.05) is 20.0 Å². The molecule has 0 bridgehead atoms. The molecular weight excluding hydrogens is 394 g/mol. The van der Waals surface area contributed by atoms with Crippen LogP contribution < -0.4 is 10.5 Å². The first-order valence-corrected chi connectivity index (χ1v) is 8.49. The Bertz CT molecular complexity index is 1100. The highest BCUT2D eigenvalue weighted by Gasteiger charge is 2.29. The lowest BCUT2D eigenvalue weighted by atomic mass is 10.1. The van der Waals surface area contributed by atoms with Crippen LogP contribution in [0, 0.1) is 13.8 Å². The minimum atomic E-state index is -2.96. The Balaban J connectivity index is 2.54. The van der Waals surface area contributed by atoms with Gasteiger partial charge in [0.1, 0.15) is 22.3 Å². The van der Waals surface area contributed by atoms with Crippen LogP contribution in [0.15, 0.2) is 12.1 Å². The molecule has 10 heteroatoms. The second-order valence-electron chi connectivity index (χ2n) is 6.02.